The van der Waals surface area contributed by atoms with Gasteiger partial charge in [0.2, 0.25) is 0 Å². The van der Waals surface area contributed by atoms with E-state index in [4.69, 9.17) is 4.74 Å². The number of ether oxygens (including phenoxy) is 1. The molecular weight excluding hydrogens is 214 g/mol. The molecule has 0 amide bonds. The second kappa shape index (κ2) is 4.87. The monoisotopic (exact) mass is 229 g/mol. The average molecular weight is 229 g/mol. The number of fused-ring (bicyclic) bond motifs is 1. The number of carbonyl (C=O) groups is 1. The lowest BCUT2D eigenvalue weighted by Gasteiger charge is -2.07. The van der Waals surface area contributed by atoms with Crippen molar-refractivity contribution in [1.82, 2.24) is 0 Å². The first kappa shape index (κ1) is 11.5. The van der Waals surface area contributed by atoms with Crippen molar-refractivity contribution in [2.75, 3.05) is 19.0 Å². The van der Waals surface area contributed by atoms with Gasteiger partial charge in [-0.3, -0.25) is 4.79 Å². The largest absolute Gasteiger partial charge is 0.497 e. The summed E-state index contributed by atoms with van der Waals surface area (Å²) in [6.45, 7) is 1.93. The van der Waals surface area contributed by atoms with E-state index < -0.39 is 0 Å². The highest BCUT2D eigenvalue weighted by atomic mass is 16.5. The molecule has 0 bridgehead atoms. The van der Waals surface area contributed by atoms with Crippen molar-refractivity contribution < 1.29 is 9.53 Å². The molecule has 0 aliphatic rings. The fourth-order valence-electron chi connectivity index (χ4n) is 1.69. The lowest BCUT2D eigenvalue weighted by molar-refractivity contribution is -0.115. The molecule has 0 saturated heterocycles. The lowest BCUT2D eigenvalue weighted by Crippen LogP contribution is -2.09. The number of Topliss-reactive ketones (excluding diaryl/α,β-unsaturated/α-hetero) is 1. The molecule has 0 unspecified atom stereocenters. The second-order valence-electron chi connectivity index (χ2n) is 3.98. The van der Waals surface area contributed by atoms with E-state index in [1.807, 2.05) is 36.4 Å². The van der Waals surface area contributed by atoms with Crippen LogP contribution in [0.15, 0.2) is 36.4 Å². The van der Waals surface area contributed by atoms with Gasteiger partial charge in [0.15, 0.2) is 0 Å². The fraction of sp³-hybridized carbons (Fsp3) is 0.214. The van der Waals surface area contributed by atoms with Crippen molar-refractivity contribution in [1.29, 1.82) is 0 Å². The third-order valence-electron chi connectivity index (χ3n) is 2.59. The predicted octanol–water partition coefficient (Wildman–Crippen LogP) is 2.85. The number of anilines is 1. The Hall–Kier alpha value is -2.03. The molecule has 2 aromatic rings. The van der Waals surface area contributed by atoms with Crippen LogP contribution in [0.25, 0.3) is 10.8 Å². The average Bonchev–Trinajstić information content (AvgIpc) is 2.35. The first-order chi connectivity index (χ1) is 8.19. The summed E-state index contributed by atoms with van der Waals surface area (Å²) in [6.07, 6.45) is 0. The molecule has 0 radical (unpaired) electrons. The number of hydrogen-bond acceptors (Lipinski definition) is 3. The summed E-state index contributed by atoms with van der Waals surface area (Å²) >= 11 is 0. The molecule has 1 N–H and O–H groups in total. The zero-order valence-electron chi connectivity index (χ0n) is 9.99. The maximum atomic E-state index is 10.9. The van der Waals surface area contributed by atoms with E-state index in [1.165, 1.54) is 0 Å². The Morgan fingerprint density at radius 1 is 1.18 bits per heavy atom. The Morgan fingerprint density at radius 3 is 2.59 bits per heavy atom. The van der Waals surface area contributed by atoms with Crippen LogP contribution in [0.2, 0.25) is 0 Å². The highest BCUT2D eigenvalue weighted by Crippen LogP contribution is 2.23. The van der Waals surface area contributed by atoms with E-state index in [0.717, 1.165) is 22.2 Å². The SMILES string of the molecule is COc1ccc2cc(NCC(C)=O)ccc2c1. The van der Waals surface area contributed by atoms with E-state index in [9.17, 15) is 4.79 Å². The molecule has 2 aromatic carbocycles. The summed E-state index contributed by atoms with van der Waals surface area (Å²) in [4.78, 5) is 10.9. The van der Waals surface area contributed by atoms with Gasteiger partial charge >= 0.3 is 0 Å². The second-order valence-corrected chi connectivity index (χ2v) is 3.98. The van der Waals surface area contributed by atoms with Crippen LogP contribution in [0, 0.1) is 0 Å². The topological polar surface area (TPSA) is 38.3 Å². The van der Waals surface area contributed by atoms with E-state index >= 15 is 0 Å². The van der Waals surface area contributed by atoms with Gasteiger partial charge in [0.05, 0.1) is 13.7 Å². The smallest absolute Gasteiger partial charge is 0.148 e. The van der Waals surface area contributed by atoms with Gasteiger partial charge in [-0.05, 0) is 42.0 Å². The van der Waals surface area contributed by atoms with Crippen LogP contribution in [0.5, 0.6) is 5.75 Å². The highest BCUT2D eigenvalue weighted by molar-refractivity contribution is 5.88. The number of benzene rings is 2. The number of methoxy groups -OCH3 is 1. The van der Waals surface area contributed by atoms with Gasteiger partial charge in [0.1, 0.15) is 11.5 Å². The standard InChI is InChI=1S/C14H15NO2/c1-10(16)9-15-13-5-3-12-8-14(17-2)6-4-11(12)7-13/h3-8,15H,9H2,1-2H3. The maximum Gasteiger partial charge on any atom is 0.148 e. The maximum absolute atomic E-state index is 10.9. The van der Waals surface area contributed by atoms with E-state index in [1.54, 1.807) is 14.0 Å². The summed E-state index contributed by atoms with van der Waals surface area (Å²) in [5, 5.41) is 5.33. The molecule has 3 heteroatoms. The Bertz CT molecular complexity index is 549. The number of ketones is 1. The van der Waals surface area contributed by atoms with Crippen molar-refractivity contribution >= 4 is 22.2 Å². The minimum absolute atomic E-state index is 0.125. The number of nitrogens with one attached hydrogen (secondary N) is 1. The summed E-state index contributed by atoms with van der Waals surface area (Å²) in [6, 6.07) is 11.9. The van der Waals surface area contributed by atoms with Gasteiger partial charge in [0.25, 0.3) is 0 Å². The van der Waals surface area contributed by atoms with Crippen LogP contribution in [-0.2, 0) is 4.79 Å². The minimum atomic E-state index is 0.125. The number of hydrogen-bond donors (Lipinski definition) is 1. The fourth-order valence-corrected chi connectivity index (χ4v) is 1.69. The van der Waals surface area contributed by atoms with Crippen molar-refractivity contribution in [3.8, 4) is 5.75 Å². The van der Waals surface area contributed by atoms with Gasteiger partial charge < -0.3 is 10.1 Å². The van der Waals surface area contributed by atoms with Crippen LogP contribution in [0.4, 0.5) is 5.69 Å². The predicted molar refractivity (Wildman–Crippen MR) is 69.7 cm³/mol. The van der Waals surface area contributed by atoms with Crippen LogP contribution in [-0.4, -0.2) is 19.4 Å². The Kier molecular flexibility index (Phi) is 3.28. The van der Waals surface area contributed by atoms with Gasteiger partial charge in [-0.15, -0.1) is 0 Å². The Balaban J connectivity index is 2.28. The van der Waals surface area contributed by atoms with E-state index in [0.29, 0.717) is 6.54 Å². The summed E-state index contributed by atoms with van der Waals surface area (Å²) < 4.78 is 5.17. The van der Waals surface area contributed by atoms with Crippen molar-refractivity contribution in [2.45, 2.75) is 6.92 Å². The van der Waals surface area contributed by atoms with Crippen LogP contribution in [0.1, 0.15) is 6.92 Å². The molecular formula is C14H15NO2. The molecule has 0 aromatic heterocycles. The molecule has 0 saturated carbocycles. The van der Waals surface area contributed by atoms with Crippen molar-refractivity contribution in [3.63, 3.8) is 0 Å². The first-order valence-corrected chi connectivity index (χ1v) is 5.50. The molecule has 0 atom stereocenters. The Labute approximate surface area is 100 Å². The summed E-state index contributed by atoms with van der Waals surface area (Å²) in [5.41, 5.74) is 0.956. The normalized spacial score (nSPS) is 10.2. The third-order valence-corrected chi connectivity index (χ3v) is 2.59. The first-order valence-electron chi connectivity index (χ1n) is 5.50. The number of rotatable bonds is 4. The molecule has 0 heterocycles. The molecule has 88 valence electrons. The molecule has 0 fully saturated rings. The summed E-state index contributed by atoms with van der Waals surface area (Å²) in [7, 11) is 1.66. The van der Waals surface area contributed by atoms with E-state index in [2.05, 4.69) is 5.32 Å². The zero-order valence-corrected chi connectivity index (χ0v) is 9.99. The van der Waals surface area contributed by atoms with Crippen LogP contribution < -0.4 is 10.1 Å². The molecule has 17 heavy (non-hydrogen) atoms. The van der Waals surface area contributed by atoms with E-state index in [-0.39, 0.29) is 5.78 Å². The molecule has 0 aliphatic carbocycles. The highest BCUT2D eigenvalue weighted by Gasteiger charge is 1.99. The zero-order chi connectivity index (χ0) is 12.3. The molecule has 0 spiro atoms. The molecule has 0 aliphatic heterocycles. The lowest BCUT2D eigenvalue weighted by atomic mass is 10.1. The van der Waals surface area contributed by atoms with Gasteiger partial charge in [0, 0.05) is 5.69 Å². The van der Waals surface area contributed by atoms with Crippen LogP contribution >= 0.6 is 0 Å². The van der Waals surface area contributed by atoms with Gasteiger partial charge in [-0.1, -0.05) is 12.1 Å². The van der Waals surface area contributed by atoms with Gasteiger partial charge in [-0.2, -0.15) is 0 Å². The third kappa shape index (κ3) is 2.75. The molecule has 3 nitrogen and oxygen atoms in total. The van der Waals surface area contributed by atoms with Gasteiger partial charge in [-0.25, -0.2) is 0 Å². The molecule has 2 rings (SSSR count). The minimum Gasteiger partial charge on any atom is -0.497 e. The number of carbonyl (C=O) groups excluding carboxylic acids is 1. The Morgan fingerprint density at radius 2 is 1.88 bits per heavy atom. The van der Waals surface area contributed by atoms with Crippen LogP contribution in [0.3, 0.4) is 0 Å². The van der Waals surface area contributed by atoms with Crippen molar-refractivity contribution in [3.05, 3.63) is 36.4 Å². The van der Waals surface area contributed by atoms with Crippen molar-refractivity contribution in [2.24, 2.45) is 0 Å². The summed E-state index contributed by atoms with van der Waals surface area (Å²) in [5.74, 6) is 0.974. The quantitative estimate of drug-likeness (QED) is 0.876.